The Kier molecular flexibility index (Phi) is 4.02. The summed E-state index contributed by atoms with van der Waals surface area (Å²) in [7, 11) is 1.63. The summed E-state index contributed by atoms with van der Waals surface area (Å²) in [6, 6.07) is 7.65. The van der Waals surface area contributed by atoms with Crippen molar-refractivity contribution >= 4 is 5.78 Å². The standard InChI is InChI=1S/C15H20O3/c1-15(8-3-4-9-18-15)14(16)11-12-6-5-7-13(10-12)17-2/h5-7,10H,3-4,8-9,11H2,1-2H3. The molecule has 1 heterocycles. The molecule has 0 aliphatic carbocycles. The number of rotatable bonds is 4. The number of ether oxygens (including phenoxy) is 2. The third kappa shape index (κ3) is 2.91. The Labute approximate surface area is 108 Å². The van der Waals surface area contributed by atoms with Gasteiger partial charge in [-0.1, -0.05) is 12.1 Å². The van der Waals surface area contributed by atoms with Gasteiger partial charge in [0.2, 0.25) is 0 Å². The van der Waals surface area contributed by atoms with Gasteiger partial charge in [0.15, 0.2) is 5.78 Å². The lowest BCUT2D eigenvalue weighted by molar-refractivity contribution is -0.147. The SMILES string of the molecule is COc1cccc(CC(=O)C2(C)CCCCO2)c1. The van der Waals surface area contributed by atoms with E-state index in [2.05, 4.69) is 0 Å². The van der Waals surface area contributed by atoms with Crippen molar-refractivity contribution in [3.8, 4) is 5.75 Å². The molecule has 1 aromatic rings. The summed E-state index contributed by atoms with van der Waals surface area (Å²) < 4.78 is 10.8. The topological polar surface area (TPSA) is 35.5 Å². The van der Waals surface area contributed by atoms with E-state index in [0.717, 1.165) is 30.6 Å². The maximum absolute atomic E-state index is 12.3. The van der Waals surface area contributed by atoms with Crippen molar-refractivity contribution in [1.82, 2.24) is 0 Å². The molecule has 0 saturated carbocycles. The van der Waals surface area contributed by atoms with E-state index in [9.17, 15) is 4.79 Å². The van der Waals surface area contributed by atoms with E-state index in [1.807, 2.05) is 31.2 Å². The Balaban J connectivity index is 2.05. The molecule has 18 heavy (non-hydrogen) atoms. The van der Waals surface area contributed by atoms with Crippen LogP contribution in [0.1, 0.15) is 31.7 Å². The molecule has 0 amide bonds. The van der Waals surface area contributed by atoms with Crippen LogP contribution >= 0.6 is 0 Å². The molecular formula is C15H20O3. The summed E-state index contributed by atoms with van der Waals surface area (Å²) in [6.07, 6.45) is 3.37. The minimum Gasteiger partial charge on any atom is -0.497 e. The first-order valence-electron chi connectivity index (χ1n) is 6.44. The Morgan fingerprint density at radius 2 is 2.28 bits per heavy atom. The Morgan fingerprint density at radius 3 is 2.94 bits per heavy atom. The highest BCUT2D eigenvalue weighted by Crippen LogP contribution is 2.27. The Hall–Kier alpha value is -1.35. The van der Waals surface area contributed by atoms with Gasteiger partial charge in [0, 0.05) is 13.0 Å². The highest BCUT2D eigenvalue weighted by Gasteiger charge is 2.35. The van der Waals surface area contributed by atoms with Crippen LogP contribution in [0.4, 0.5) is 0 Å². The van der Waals surface area contributed by atoms with Crippen LogP contribution < -0.4 is 4.74 Å². The maximum atomic E-state index is 12.3. The fourth-order valence-corrected chi connectivity index (χ4v) is 2.31. The zero-order valence-electron chi connectivity index (χ0n) is 11.1. The van der Waals surface area contributed by atoms with Gasteiger partial charge in [0.05, 0.1) is 7.11 Å². The van der Waals surface area contributed by atoms with E-state index in [4.69, 9.17) is 9.47 Å². The molecule has 1 aliphatic rings. The van der Waals surface area contributed by atoms with Crippen LogP contribution in [0, 0.1) is 0 Å². The van der Waals surface area contributed by atoms with Crippen LogP contribution in [0.5, 0.6) is 5.75 Å². The van der Waals surface area contributed by atoms with E-state index in [1.54, 1.807) is 7.11 Å². The van der Waals surface area contributed by atoms with Crippen LogP contribution in [-0.2, 0) is 16.0 Å². The predicted octanol–water partition coefficient (Wildman–Crippen LogP) is 2.77. The molecule has 1 fully saturated rings. The first kappa shape index (κ1) is 13.1. The van der Waals surface area contributed by atoms with Crippen LogP contribution in [0.15, 0.2) is 24.3 Å². The van der Waals surface area contributed by atoms with Gasteiger partial charge in [0.25, 0.3) is 0 Å². The Bertz CT molecular complexity index is 420. The molecule has 1 aliphatic heterocycles. The average Bonchev–Trinajstić information content (AvgIpc) is 2.40. The van der Waals surface area contributed by atoms with Crippen molar-refractivity contribution in [3.05, 3.63) is 29.8 Å². The zero-order valence-corrected chi connectivity index (χ0v) is 11.1. The lowest BCUT2D eigenvalue weighted by Gasteiger charge is -2.32. The number of Topliss-reactive ketones (excluding diaryl/α,β-unsaturated/α-hetero) is 1. The molecule has 0 aromatic heterocycles. The summed E-state index contributed by atoms with van der Waals surface area (Å²) in [5.74, 6) is 0.950. The van der Waals surface area contributed by atoms with E-state index in [-0.39, 0.29) is 5.78 Å². The lowest BCUT2D eigenvalue weighted by Crippen LogP contribution is -2.42. The van der Waals surface area contributed by atoms with Gasteiger partial charge in [-0.2, -0.15) is 0 Å². The first-order valence-corrected chi connectivity index (χ1v) is 6.44. The summed E-state index contributed by atoms with van der Waals surface area (Å²) in [5, 5.41) is 0. The van der Waals surface area contributed by atoms with E-state index < -0.39 is 5.60 Å². The molecule has 0 spiro atoms. The quantitative estimate of drug-likeness (QED) is 0.822. The van der Waals surface area contributed by atoms with Gasteiger partial charge in [-0.25, -0.2) is 0 Å². The number of carbonyl (C=O) groups excluding carboxylic acids is 1. The van der Waals surface area contributed by atoms with Gasteiger partial charge >= 0.3 is 0 Å². The van der Waals surface area contributed by atoms with Gasteiger partial charge in [-0.3, -0.25) is 4.79 Å². The molecule has 1 atom stereocenters. The molecule has 1 unspecified atom stereocenters. The van der Waals surface area contributed by atoms with Crippen LogP contribution in [0.3, 0.4) is 0 Å². The van der Waals surface area contributed by atoms with Crippen LogP contribution in [0.25, 0.3) is 0 Å². The number of ketones is 1. The average molecular weight is 248 g/mol. The summed E-state index contributed by atoms with van der Waals surface area (Å²) in [4.78, 5) is 12.3. The second kappa shape index (κ2) is 5.53. The van der Waals surface area contributed by atoms with Crippen molar-refractivity contribution in [2.45, 2.75) is 38.2 Å². The fourth-order valence-electron chi connectivity index (χ4n) is 2.31. The third-order valence-electron chi connectivity index (χ3n) is 3.56. The monoisotopic (exact) mass is 248 g/mol. The van der Waals surface area contributed by atoms with E-state index in [1.165, 1.54) is 0 Å². The minimum absolute atomic E-state index is 0.162. The van der Waals surface area contributed by atoms with Gasteiger partial charge in [0.1, 0.15) is 11.4 Å². The number of carbonyl (C=O) groups is 1. The molecular weight excluding hydrogens is 228 g/mol. The lowest BCUT2D eigenvalue weighted by atomic mass is 9.88. The van der Waals surface area contributed by atoms with Crippen LogP contribution in [-0.4, -0.2) is 25.1 Å². The van der Waals surface area contributed by atoms with Crippen molar-refractivity contribution < 1.29 is 14.3 Å². The number of hydrogen-bond acceptors (Lipinski definition) is 3. The molecule has 98 valence electrons. The first-order chi connectivity index (χ1) is 8.64. The van der Waals surface area contributed by atoms with Gasteiger partial charge < -0.3 is 9.47 Å². The second-order valence-electron chi connectivity index (χ2n) is 4.99. The Morgan fingerprint density at radius 1 is 1.44 bits per heavy atom. The van der Waals surface area contributed by atoms with Gasteiger partial charge in [-0.15, -0.1) is 0 Å². The summed E-state index contributed by atoms with van der Waals surface area (Å²) >= 11 is 0. The maximum Gasteiger partial charge on any atom is 0.168 e. The van der Waals surface area contributed by atoms with Crippen LogP contribution in [0.2, 0.25) is 0 Å². The van der Waals surface area contributed by atoms with Crippen molar-refractivity contribution in [2.75, 3.05) is 13.7 Å². The third-order valence-corrected chi connectivity index (χ3v) is 3.56. The van der Waals surface area contributed by atoms with E-state index in [0.29, 0.717) is 13.0 Å². The molecule has 0 N–H and O–H groups in total. The second-order valence-corrected chi connectivity index (χ2v) is 4.99. The molecule has 3 heteroatoms. The van der Waals surface area contributed by atoms with Gasteiger partial charge in [-0.05, 0) is 43.9 Å². The van der Waals surface area contributed by atoms with E-state index >= 15 is 0 Å². The largest absolute Gasteiger partial charge is 0.497 e. The number of hydrogen-bond donors (Lipinski definition) is 0. The minimum atomic E-state index is -0.596. The zero-order chi connectivity index (χ0) is 13.0. The highest BCUT2D eigenvalue weighted by atomic mass is 16.5. The summed E-state index contributed by atoms with van der Waals surface area (Å²) in [5.41, 5.74) is 0.385. The van der Waals surface area contributed by atoms with Crippen molar-refractivity contribution in [3.63, 3.8) is 0 Å². The normalized spacial score (nSPS) is 23.7. The number of methoxy groups -OCH3 is 1. The summed E-state index contributed by atoms with van der Waals surface area (Å²) in [6.45, 7) is 2.61. The van der Waals surface area contributed by atoms with Crippen molar-refractivity contribution in [2.24, 2.45) is 0 Å². The smallest absolute Gasteiger partial charge is 0.168 e. The molecule has 0 radical (unpaired) electrons. The van der Waals surface area contributed by atoms with Crippen molar-refractivity contribution in [1.29, 1.82) is 0 Å². The molecule has 2 rings (SSSR count). The number of benzene rings is 1. The predicted molar refractivity (Wildman–Crippen MR) is 69.9 cm³/mol. The molecule has 1 aromatic carbocycles. The molecule has 1 saturated heterocycles. The highest BCUT2D eigenvalue weighted by molar-refractivity contribution is 5.89. The molecule has 0 bridgehead atoms. The fraction of sp³-hybridized carbons (Fsp3) is 0.533. The molecule has 3 nitrogen and oxygen atoms in total.